The molecule has 0 bridgehead atoms. The van der Waals surface area contributed by atoms with Gasteiger partial charge in [-0.1, -0.05) is 6.07 Å². The van der Waals surface area contributed by atoms with E-state index in [2.05, 4.69) is 10.3 Å². The lowest BCUT2D eigenvalue weighted by Gasteiger charge is -2.08. The van der Waals surface area contributed by atoms with E-state index in [9.17, 15) is 18.0 Å². The Morgan fingerprint density at radius 3 is 2.75 bits per heavy atom. The number of amides is 1. The first kappa shape index (κ1) is 16.6. The van der Waals surface area contributed by atoms with Crippen LogP contribution < -0.4 is 5.32 Å². The van der Waals surface area contributed by atoms with Crippen molar-refractivity contribution in [3.05, 3.63) is 57.4 Å². The highest BCUT2D eigenvalue weighted by atomic mass is 32.1. The zero-order chi connectivity index (χ0) is 17.3. The van der Waals surface area contributed by atoms with Crippen molar-refractivity contribution in [1.29, 1.82) is 0 Å². The summed E-state index contributed by atoms with van der Waals surface area (Å²) in [7, 11) is 0. The van der Waals surface area contributed by atoms with Gasteiger partial charge in [-0.25, -0.2) is 0 Å². The number of benzene rings is 1. The quantitative estimate of drug-likeness (QED) is 0.712. The molecule has 0 spiro atoms. The molecule has 0 radical (unpaired) electrons. The van der Waals surface area contributed by atoms with Crippen LogP contribution in [0.2, 0.25) is 0 Å². The Kier molecular flexibility index (Phi) is 4.36. The van der Waals surface area contributed by atoms with E-state index in [0.717, 1.165) is 23.4 Å². The van der Waals surface area contributed by atoms with E-state index in [1.807, 2.05) is 12.3 Å². The van der Waals surface area contributed by atoms with Crippen molar-refractivity contribution in [2.24, 2.45) is 0 Å². The molecule has 2 aromatic heterocycles. The molecule has 1 aromatic carbocycles. The summed E-state index contributed by atoms with van der Waals surface area (Å²) in [6, 6.07) is 7.20. The third kappa shape index (κ3) is 3.31. The average molecular weight is 352 g/mol. The first-order valence-corrected chi connectivity index (χ1v) is 8.24. The fourth-order valence-corrected chi connectivity index (χ4v) is 3.32. The summed E-state index contributed by atoms with van der Waals surface area (Å²) in [6.45, 7) is 2.18. The van der Waals surface area contributed by atoms with Gasteiger partial charge in [0.1, 0.15) is 0 Å². The van der Waals surface area contributed by atoms with Crippen molar-refractivity contribution in [2.75, 3.05) is 6.54 Å². The van der Waals surface area contributed by atoms with Crippen LogP contribution in [0.5, 0.6) is 0 Å². The molecule has 3 aromatic rings. The van der Waals surface area contributed by atoms with Gasteiger partial charge in [0.25, 0.3) is 5.91 Å². The normalized spacial score (nSPS) is 11.8. The summed E-state index contributed by atoms with van der Waals surface area (Å²) < 4.78 is 38.7. The minimum Gasteiger partial charge on any atom is -0.358 e. The Balaban J connectivity index is 1.78. The second kappa shape index (κ2) is 6.32. The molecule has 0 unspecified atom stereocenters. The molecule has 0 fully saturated rings. The van der Waals surface area contributed by atoms with Crippen LogP contribution in [-0.2, 0) is 12.6 Å². The summed E-state index contributed by atoms with van der Waals surface area (Å²) >= 11 is 1.35. The Hall–Kier alpha value is -2.28. The lowest BCUT2D eigenvalue weighted by molar-refractivity contribution is -0.137. The third-order valence-corrected chi connectivity index (χ3v) is 4.72. The highest BCUT2D eigenvalue weighted by Gasteiger charge is 2.30. The Morgan fingerprint density at radius 1 is 1.29 bits per heavy atom. The fourth-order valence-electron chi connectivity index (χ4n) is 2.68. The molecule has 0 aliphatic carbocycles. The maximum Gasteiger partial charge on any atom is 0.416 e. The SMILES string of the molecule is Cc1[nH]c2ccc(C(F)(F)F)cc2c1CCNC(=O)c1cccs1. The molecule has 0 atom stereocenters. The number of carbonyl (C=O) groups is 1. The number of hydrogen-bond acceptors (Lipinski definition) is 2. The minimum atomic E-state index is -4.37. The van der Waals surface area contributed by atoms with Gasteiger partial charge in [0.05, 0.1) is 10.4 Å². The van der Waals surface area contributed by atoms with Crippen LogP contribution in [0.15, 0.2) is 35.7 Å². The van der Waals surface area contributed by atoms with E-state index in [0.29, 0.717) is 28.7 Å². The van der Waals surface area contributed by atoms with Gasteiger partial charge in [-0.2, -0.15) is 13.2 Å². The van der Waals surface area contributed by atoms with Gasteiger partial charge in [-0.15, -0.1) is 11.3 Å². The number of fused-ring (bicyclic) bond motifs is 1. The van der Waals surface area contributed by atoms with Gasteiger partial charge in [0.2, 0.25) is 0 Å². The number of nitrogens with one attached hydrogen (secondary N) is 2. The zero-order valence-corrected chi connectivity index (χ0v) is 13.6. The van der Waals surface area contributed by atoms with E-state index in [-0.39, 0.29) is 5.91 Å². The van der Waals surface area contributed by atoms with Crippen LogP contribution in [0, 0.1) is 6.92 Å². The highest BCUT2D eigenvalue weighted by molar-refractivity contribution is 7.12. The monoisotopic (exact) mass is 352 g/mol. The number of aromatic nitrogens is 1. The van der Waals surface area contributed by atoms with Crippen LogP contribution in [0.1, 0.15) is 26.5 Å². The van der Waals surface area contributed by atoms with Crippen LogP contribution in [-0.4, -0.2) is 17.4 Å². The third-order valence-electron chi connectivity index (χ3n) is 3.85. The van der Waals surface area contributed by atoms with E-state index in [1.54, 1.807) is 12.1 Å². The topological polar surface area (TPSA) is 44.9 Å². The molecule has 24 heavy (non-hydrogen) atoms. The number of carbonyl (C=O) groups excluding carboxylic acids is 1. The van der Waals surface area contributed by atoms with Crippen molar-refractivity contribution in [2.45, 2.75) is 19.5 Å². The highest BCUT2D eigenvalue weighted by Crippen LogP contribution is 2.33. The Labute approximate surface area is 140 Å². The predicted octanol–water partition coefficient (Wildman–Crippen LogP) is 4.53. The standard InChI is InChI=1S/C17H15F3N2OS/c1-10-12(6-7-21-16(23)15-3-2-8-24-15)13-9-11(17(18,19)20)4-5-14(13)22-10/h2-5,8-9,22H,6-7H2,1H3,(H,21,23). The number of alkyl halides is 3. The van der Waals surface area contributed by atoms with Gasteiger partial charge in [-0.3, -0.25) is 4.79 Å². The molecule has 3 nitrogen and oxygen atoms in total. The molecule has 3 rings (SSSR count). The van der Waals surface area contributed by atoms with Gasteiger partial charge in [0, 0.05) is 23.1 Å². The van der Waals surface area contributed by atoms with Gasteiger partial charge in [-0.05, 0) is 48.6 Å². The summed E-state index contributed by atoms with van der Waals surface area (Å²) in [6.07, 6.45) is -3.91. The summed E-state index contributed by atoms with van der Waals surface area (Å²) in [5.41, 5.74) is 1.61. The number of halogens is 3. The van der Waals surface area contributed by atoms with Crippen LogP contribution in [0.25, 0.3) is 10.9 Å². The van der Waals surface area contributed by atoms with E-state index < -0.39 is 11.7 Å². The minimum absolute atomic E-state index is 0.168. The van der Waals surface area contributed by atoms with Crippen LogP contribution in [0.4, 0.5) is 13.2 Å². The molecule has 2 N–H and O–H groups in total. The molecule has 0 aliphatic rings. The van der Waals surface area contributed by atoms with Gasteiger partial charge in [0.15, 0.2) is 0 Å². The largest absolute Gasteiger partial charge is 0.416 e. The van der Waals surface area contributed by atoms with Crippen LogP contribution in [0.3, 0.4) is 0 Å². The lowest BCUT2D eigenvalue weighted by atomic mass is 10.1. The smallest absolute Gasteiger partial charge is 0.358 e. The molecule has 0 saturated heterocycles. The first-order valence-electron chi connectivity index (χ1n) is 7.36. The van der Waals surface area contributed by atoms with E-state index >= 15 is 0 Å². The predicted molar refractivity (Wildman–Crippen MR) is 88.4 cm³/mol. The lowest BCUT2D eigenvalue weighted by Crippen LogP contribution is -2.24. The van der Waals surface area contributed by atoms with Crippen molar-refractivity contribution < 1.29 is 18.0 Å². The Morgan fingerprint density at radius 2 is 2.08 bits per heavy atom. The van der Waals surface area contributed by atoms with Crippen molar-refractivity contribution in [3.63, 3.8) is 0 Å². The van der Waals surface area contributed by atoms with Crippen molar-refractivity contribution >= 4 is 28.1 Å². The van der Waals surface area contributed by atoms with Crippen molar-refractivity contribution in [3.8, 4) is 0 Å². The molecular formula is C17H15F3N2OS. The van der Waals surface area contributed by atoms with Crippen LogP contribution >= 0.6 is 11.3 Å². The molecule has 0 saturated carbocycles. The van der Waals surface area contributed by atoms with Gasteiger partial charge >= 0.3 is 6.18 Å². The van der Waals surface area contributed by atoms with Crippen molar-refractivity contribution in [1.82, 2.24) is 10.3 Å². The fraction of sp³-hybridized carbons (Fsp3) is 0.235. The maximum absolute atomic E-state index is 12.9. The molecular weight excluding hydrogens is 337 g/mol. The second-order valence-corrected chi connectivity index (χ2v) is 6.42. The first-order chi connectivity index (χ1) is 11.4. The average Bonchev–Trinajstić information content (AvgIpc) is 3.14. The Bertz CT molecular complexity index is 866. The molecule has 1 amide bonds. The number of aryl methyl sites for hydroxylation is 1. The molecule has 2 heterocycles. The molecule has 7 heteroatoms. The summed E-state index contributed by atoms with van der Waals surface area (Å²) in [5, 5.41) is 5.16. The second-order valence-electron chi connectivity index (χ2n) is 5.47. The number of hydrogen-bond donors (Lipinski definition) is 2. The van der Waals surface area contributed by atoms with E-state index in [1.165, 1.54) is 17.4 Å². The van der Waals surface area contributed by atoms with E-state index in [4.69, 9.17) is 0 Å². The maximum atomic E-state index is 12.9. The summed E-state index contributed by atoms with van der Waals surface area (Å²) in [4.78, 5) is 15.6. The molecule has 126 valence electrons. The van der Waals surface area contributed by atoms with Gasteiger partial charge < -0.3 is 10.3 Å². The number of H-pyrrole nitrogens is 1. The summed E-state index contributed by atoms with van der Waals surface area (Å²) in [5.74, 6) is -0.168. The number of rotatable bonds is 4. The molecule has 0 aliphatic heterocycles. The number of thiophene rings is 1. The zero-order valence-electron chi connectivity index (χ0n) is 12.8. The number of aromatic amines is 1.